The van der Waals surface area contributed by atoms with Crippen LogP contribution in [0.4, 0.5) is 5.95 Å². The molecule has 0 aromatic carbocycles. The summed E-state index contributed by atoms with van der Waals surface area (Å²) in [7, 11) is 1.95. The van der Waals surface area contributed by atoms with Crippen molar-refractivity contribution in [2.45, 2.75) is 51.5 Å². The number of aryl methyl sites for hydroxylation is 1. The van der Waals surface area contributed by atoms with Crippen LogP contribution in [0.2, 0.25) is 0 Å². The summed E-state index contributed by atoms with van der Waals surface area (Å²) in [6.07, 6.45) is 10.3. The van der Waals surface area contributed by atoms with E-state index in [9.17, 15) is 0 Å². The zero-order valence-corrected chi connectivity index (χ0v) is 9.79. The van der Waals surface area contributed by atoms with E-state index in [4.69, 9.17) is 0 Å². The van der Waals surface area contributed by atoms with Crippen LogP contribution < -0.4 is 5.32 Å². The first-order valence-corrected chi connectivity index (χ1v) is 6.04. The number of rotatable bonds is 2. The predicted octanol–water partition coefficient (Wildman–Crippen LogP) is 3.13. The zero-order valence-electron chi connectivity index (χ0n) is 9.79. The van der Waals surface area contributed by atoms with Gasteiger partial charge in [0.25, 0.3) is 0 Å². The van der Waals surface area contributed by atoms with Crippen molar-refractivity contribution in [2.75, 3.05) is 12.4 Å². The highest BCUT2D eigenvalue weighted by atomic mass is 15.2. The van der Waals surface area contributed by atoms with Crippen LogP contribution >= 0.6 is 0 Å². The fourth-order valence-electron chi connectivity index (χ4n) is 2.52. The molecule has 1 aromatic rings. The lowest BCUT2D eigenvalue weighted by molar-refractivity contribution is 0.448. The van der Waals surface area contributed by atoms with Gasteiger partial charge in [0.05, 0.1) is 5.69 Å². The lowest BCUT2D eigenvalue weighted by Crippen LogP contribution is -2.10. The maximum Gasteiger partial charge on any atom is 0.203 e. The van der Waals surface area contributed by atoms with E-state index in [-0.39, 0.29) is 0 Å². The summed E-state index contributed by atoms with van der Waals surface area (Å²) in [5.74, 6) is 1.03. The second-order valence-corrected chi connectivity index (χ2v) is 4.51. The van der Waals surface area contributed by atoms with Gasteiger partial charge in [0, 0.05) is 19.3 Å². The van der Waals surface area contributed by atoms with Gasteiger partial charge >= 0.3 is 0 Å². The van der Waals surface area contributed by atoms with Crippen molar-refractivity contribution in [3.05, 3.63) is 11.9 Å². The lowest BCUT2D eigenvalue weighted by Gasteiger charge is -2.18. The van der Waals surface area contributed by atoms with Crippen LogP contribution in [0.3, 0.4) is 0 Å². The second-order valence-electron chi connectivity index (χ2n) is 4.51. The molecular formula is C12H21N3. The number of hydrogen-bond donors (Lipinski definition) is 1. The summed E-state index contributed by atoms with van der Waals surface area (Å²) in [4.78, 5) is 4.49. The molecule has 0 saturated heterocycles. The highest BCUT2D eigenvalue weighted by Crippen LogP contribution is 2.29. The van der Waals surface area contributed by atoms with Gasteiger partial charge < -0.3 is 9.88 Å². The molecule has 1 N–H and O–H groups in total. The number of nitrogens with zero attached hydrogens (tertiary/aromatic N) is 2. The third-order valence-corrected chi connectivity index (χ3v) is 3.29. The Hall–Kier alpha value is -0.990. The van der Waals surface area contributed by atoms with Crippen LogP contribution in [0.25, 0.3) is 0 Å². The van der Waals surface area contributed by atoms with Crippen molar-refractivity contribution >= 4 is 5.95 Å². The molecule has 0 atom stereocenters. The fraction of sp³-hybridized carbons (Fsp3) is 0.750. The van der Waals surface area contributed by atoms with Gasteiger partial charge in [0.1, 0.15) is 0 Å². The molecule has 1 aromatic heterocycles. The van der Waals surface area contributed by atoms with Crippen molar-refractivity contribution in [2.24, 2.45) is 0 Å². The van der Waals surface area contributed by atoms with Gasteiger partial charge in [-0.3, -0.25) is 0 Å². The van der Waals surface area contributed by atoms with E-state index in [1.165, 1.54) is 38.5 Å². The molecule has 1 heterocycles. The SMILES string of the molecule is CNc1nc(C)cn1C1CCCCCC1. The van der Waals surface area contributed by atoms with E-state index >= 15 is 0 Å². The largest absolute Gasteiger partial charge is 0.359 e. The Morgan fingerprint density at radius 2 is 1.93 bits per heavy atom. The van der Waals surface area contributed by atoms with Crippen molar-refractivity contribution in [1.29, 1.82) is 0 Å². The highest BCUT2D eigenvalue weighted by molar-refractivity contribution is 5.28. The molecule has 0 bridgehead atoms. The average molecular weight is 207 g/mol. The average Bonchev–Trinajstić information content (AvgIpc) is 2.47. The molecule has 3 heteroatoms. The first kappa shape index (κ1) is 10.5. The van der Waals surface area contributed by atoms with Crippen molar-refractivity contribution in [1.82, 2.24) is 9.55 Å². The Kier molecular flexibility index (Phi) is 3.29. The normalized spacial score (nSPS) is 18.8. The Bertz CT molecular complexity index is 309. The number of hydrogen-bond acceptors (Lipinski definition) is 2. The Balaban J connectivity index is 2.18. The molecule has 1 fully saturated rings. The van der Waals surface area contributed by atoms with E-state index in [1.54, 1.807) is 0 Å². The summed E-state index contributed by atoms with van der Waals surface area (Å²) in [5, 5.41) is 3.19. The Labute approximate surface area is 91.9 Å². The van der Waals surface area contributed by atoms with E-state index < -0.39 is 0 Å². The summed E-state index contributed by atoms with van der Waals surface area (Å²) < 4.78 is 2.33. The van der Waals surface area contributed by atoms with E-state index in [0.29, 0.717) is 6.04 Å². The molecule has 84 valence electrons. The molecule has 15 heavy (non-hydrogen) atoms. The lowest BCUT2D eigenvalue weighted by atomic mass is 10.1. The standard InChI is InChI=1S/C12H21N3/c1-10-9-15(12(13-2)14-10)11-7-5-3-4-6-8-11/h9,11H,3-8H2,1-2H3,(H,13,14). The van der Waals surface area contributed by atoms with Gasteiger partial charge in [-0.1, -0.05) is 25.7 Å². The van der Waals surface area contributed by atoms with E-state index in [1.807, 2.05) is 7.05 Å². The summed E-state index contributed by atoms with van der Waals surface area (Å²) >= 11 is 0. The van der Waals surface area contributed by atoms with Gasteiger partial charge in [-0.25, -0.2) is 4.98 Å². The molecule has 1 aliphatic rings. The zero-order chi connectivity index (χ0) is 10.7. The van der Waals surface area contributed by atoms with Gasteiger partial charge in [-0.05, 0) is 19.8 Å². The molecular weight excluding hydrogens is 186 g/mol. The third kappa shape index (κ3) is 2.33. The van der Waals surface area contributed by atoms with Crippen LogP contribution in [-0.4, -0.2) is 16.6 Å². The monoisotopic (exact) mass is 207 g/mol. The van der Waals surface area contributed by atoms with Crippen molar-refractivity contribution in [3.63, 3.8) is 0 Å². The van der Waals surface area contributed by atoms with Crippen LogP contribution in [0.15, 0.2) is 6.20 Å². The molecule has 2 rings (SSSR count). The molecule has 1 saturated carbocycles. The summed E-state index contributed by atoms with van der Waals surface area (Å²) in [6, 6.07) is 0.663. The first-order chi connectivity index (χ1) is 7.31. The van der Waals surface area contributed by atoms with Gasteiger partial charge in [0.15, 0.2) is 0 Å². The van der Waals surface area contributed by atoms with Crippen LogP contribution in [0, 0.1) is 6.92 Å². The highest BCUT2D eigenvalue weighted by Gasteiger charge is 2.16. The van der Waals surface area contributed by atoms with Gasteiger partial charge in [-0.2, -0.15) is 0 Å². The quantitative estimate of drug-likeness (QED) is 0.755. The topological polar surface area (TPSA) is 29.9 Å². The molecule has 0 amide bonds. The van der Waals surface area contributed by atoms with Gasteiger partial charge in [0.2, 0.25) is 5.95 Å². The minimum Gasteiger partial charge on any atom is -0.359 e. The van der Waals surface area contributed by atoms with E-state index in [2.05, 4.69) is 28.0 Å². The Morgan fingerprint density at radius 3 is 2.53 bits per heavy atom. The number of aromatic nitrogens is 2. The molecule has 0 spiro atoms. The van der Waals surface area contributed by atoms with Gasteiger partial charge in [-0.15, -0.1) is 0 Å². The smallest absolute Gasteiger partial charge is 0.203 e. The predicted molar refractivity (Wildman–Crippen MR) is 63.2 cm³/mol. The third-order valence-electron chi connectivity index (χ3n) is 3.29. The number of imidazole rings is 1. The van der Waals surface area contributed by atoms with Crippen LogP contribution in [0.5, 0.6) is 0 Å². The molecule has 3 nitrogen and oxygen atoms in total. The minimum atomic E-state index is 0.663. The maximum atomic E-state index is 4.49. The molecule has 1 aliphatic carbocycles. The van der Waals surface area contributed by atoms with Crippen molar-refractivity contribution < 1.29 is 0 Å². The number of nitrogens with one attached hydrogen (secondary N) is 1. The van der Waals surface area contributed by atoms with Crippen LogP contribution in [-0.2, 0) is 0 Å². The second kappa shape index (κ2) is 4.69. The number of anilines is 1. The minimum absolute atomic E-state index is 0.663. The Morgan fingerprint density at radius 1 is 1.27 bits per heavy atom. The molecule has 0 unspecified atom stereocenters. The van der Waals surface area contributed by atoms with E-state index in [0.717, 1.165) is 11.6 Å². The van der Waals surface area contributed by atoms with Crippen molar-refractivity contribution in [3.8, 4) is 0 Å². The van der Waals surface area contributed by atoms with Crippen LogP contribution in [0.1, 0.15) is 50.3 Å². The summed E-state index contributed by atoms with van der Waals surface area (Å²) in [6.45, 7) is 2.06. The maximum absolute atomic E-state index is 4.49. The summed E-state index contributed by atoms with van der Waals surface area (Å²) in [5.41, 5.74) is 1.11. The fourth-order valence-corrected chi connectivity index (χ4v) is 2.52. The molecule has 0 radical (unpaired) electrons. The first-order valence-electron chi connectivity index (χ1n) is 6.04. The molecule has 0 aliphatic heterocycles.